The molecule has 2 aromatic carbocycles. The Bertz CT molecular complexity index is 861. The van der Waals surface area contributed by atoms with Gasteiger partial charge in [0, 0.05) is 12.6 Å². The van der Waals surface area contributed by atoms with Crippen molar-refractivity contribution < 1.29 is 14.3 Å². The average molecular weight is 397 g/mol. The molecule has 156 valence electrons. The predicted molar refractivity (Wildman–Crippen MR) is 116 cm³/mol. The third-order valence-corrected chi connectivity index (χ3v) is 4.73. The van der Waals surface area contributed by atoms with Crippen LogP contribution in [-0.4, -0.2) is 35.4 Å². The van der Waals surface area contributed by atoms with Gasteiger partial charge < -0.3 is 15.0 Å². The Kier molecular flexibility index (Phi) is 7.82. The standard InChI is InChI=1S/C24H32N2O3/c1-16(2)25-24(28)20(6)26(14-21-9-7-8-17(3)12-21)23(27)15-29-22-13-18(4)10-11-19(22)5/h7-13,16,20H,14-15H2,1-6H3,(H,25,28)/t20-/m0/s1. The van der Waals surface area contributed by atoms with Gasteiger partial charge in [-0.05, 0) is 64.3 Å². The van der Waals surface area contributed by atoms with E-state index in [4.69, 9.17) is 4.74 Å². The molecule has 0 aliphatic rings. The predicted octanol–water partition coefficient (Wildman–Crippen LogP) is 3.93. The van der Waals surface area contributed by atoms with E-state index < -0.39 is 6.04 Å². The van der Waals surface area contributed by atoms with Gasteiger partial charge in [0.05, 0.1) is 0 Å². The van der Waals surface area contributed by atoms with Crippen molar-refractivity contribution in [3.8, 4) is 5.75 Å². The van der Waals surface area contributed by atoms with Crippen LogP contribution in [0.25, 0.3) is 0 Å². The number of ether oxygens (including phenoxy) is 1. The molecule has 0 aromatic heterocycles. The molecule has 0 saturated heterocycles. The molecule has 29 heavy (non-hydrogen) atoms. The molecule has 0 aliphatic carbocycles. The summed E-state index contributed by atoms with van der Waals surface area (Å²) in [6, 6.07) is 13.3. The van der Waals surface area contributed by atoms with E-state index in [2.05, 4.69) is 5.32 Å². The fourth-order valence-electron chi connectivity index (χ4n) is 3.08. The summed E-state index contributed by atoms with van der Waals surface area (Å²) < 4.78 is 5.81. The van der Waals surface area contributed by atoms with Crippen LogP contribution >= 0.6 is 0 Å². The largest absolute Gasteiger partial charge is 0.483 e. The highest BCUT2D eigenvalue weighted by atomic mass is 16.5. The summed E-state index contributed by atoms with van der Waals surface area (Å²) in [7, 11) is 0. The van der Waals surface area contributed by atoms with Crippen LogP contribution in [0.1, 0.15) is 43.0 Å². The molecule has 0 aliphatic heterocycles. The van der Waals surface area contributed by atoms with Gasteiger partial charge in [0.2, 0.25) is 5.91 Å². The second-order valence-corrected chi connectivity index (χ2v) is 7.91. The zero-order valence-electron chi connectivity index (χ0n) is 18.3. The molecule has 0 spiro atoms. The molecule has 1 N–H and O–H groups in total. The quantitative estimate of drug-likeness (QED) is 0.735. The number of benzene rings is 2. The molecule has 5 nitrogen and oxygen atoms in total. The minimum absolute atomic E-state index is 0.00654. The Balaban J connectivity index is 2.19. The summed E-state index contributed by atoms with van der Waals surface area (Å²) in [6.45, 7) is 11.7. The van der Waals surface area contributed by atoms with Gasteiger partial charge in [-0.1, -0.05) is 42.0 Å². The Hall–Kier alpha value is -2.82. The summed E-state index contributed by atoms with van der Waals surface area (Å²) >= 11 is 0. The number of hydrogen-bond acceptors (Lipinski definition) is 3. The van der Waals surface area contributed by atoms with Crippen LogP contribution in [0.4, 0.5) is 0 Å². The fraction of sp³-hybridized carbons (Fsp3) is 0.417. The lowest BCUT2D eigenvalue weighted by molar-refractivity contribution is -0.142. The molecule has 2 rings (SSSR count). The van der Waals surface area contributed by atoms with Crippen LogP contribution in [-0.2, 0) is 16.1 Å². The maximum atomic E-state index is 13.1. The van der Waals surface area contributed by atoms with Crippen LogP contribution in [0.15, 0.2) is 42.5 Å². The van der Waals surface area contributed by atoms with E-state index in [-0.39, 0.29) is 24.5 Å². The van der Waals surface area contributed by atoms with Gasteiger partial charge in [0.25, 0.3) is 5.91 Å². The van der Waals surface area contributed by atoms with Gasteiger partial charge in [-0.15, -0.1) is 0 Å². The minimum atomic E-state index is -0.604. The summed E-state index contributed by atoms with van der Waals surface area (Å²) in [4.78, 5) is 27.2. The molecule has 1 atom stereocenters. The van der Waals surface area contributed by atoms with Crippen molar-refractivity contribution >= 4 is 11.8 Å². The number of rotatable bonds is 8. The zero-order valence-corrected chi connectivity index (χ0v) is 18.3. The highest BCUT2D eigenvalue weighted by Crippen LogP contribution is 2.19. The number of carbonyl (C=O) groups is 2. The molecule has 0 unspecified atom stereocenters. The van der Waals surface area contributed by atoms with Gasteiger partial charge in [-0.25, -0.2) is 0 Å². The molecule has 0 fully saturated rings. The monoisotopic (exact) mass is 396 g/mol. The van der Waals surface area contributed by atoms with E-state index in [1.165, 1.54) is 0 Å². The first kappa shape index (κ1) is 22.5. The lowest BCUT2D eigenvalue weighted by atomic mass is 10.1. The van der Waals surface area contributed by atoms with E-state index in [1.807, 2.05) is 77.1 Å². The summed E-state index contributed by atoms with van der Waals surface area (Å²) in [6.07, 6.45) is 0. The molecule has 5 heteroatoms. The van der Waals surface area contributed by atoms with Gasteiger partial charge in [0.1, 0.15) is 11.8 Å². The molecular weight excluding hydrogens is 364 g/mol. The number of carbonyl (C=O) groups excluding carboxylic acids is 2. The number of amides is 2. The Morgan fingerprint density at radius 2 is 1.69 bits per heavy atom. The smallest absolute Gasteiger partial charge is 0.261 e. The molecule has 0 heterocycles. The van der Waals surface area contributed by atoms with Crippen molar-refractivity contribution in [2.24, 2.45) is 0 Å². The topological polar surface area (TPSA) is 58.6 Å². The molecule has 2 amide bonds. The molecule has 0 bridgehead atoms. The SMILES string of the molecule is Cc1cccc(CN(C(=O)COc2cc(C)ccc2C)[C@@H](C)C(=O)NC(C)C)c1. The van der Waals surface area contributed by atoms with Crippen LogP contribution in [0, 0.1) is 20.8 Å². The second kappa shape index (κ2) is 10.1. The van der Waals surface area contributed by atoms with Gasteiger partial charge in [-0.2, -0.15) is 0 Å². The first-order valence-electron chi connectivity index (χ1n) is 10.0. The fourth-order valence-corrected chi connectivity index (χ4v) is 3.08. The van der Waals surface area contributed by atoms with Crippen LogP contribution in [0.5, 0.6) is 5.75 Å². The van der Waals surface area contributed by atoms with E-state index in [0.717, 1.165) is 22.3 Å². The second-order valence-electron chi connectivity index (χ2n) is 7.91. The van der Waals surface area contributed by atoms with Crippen LogP contribution in [0.3, 0.4) is 0 Å². The molecule has 2 aromatic rings. The van der Waals surface area contributed by atoms with Crippen LogP contribution in [0.2, 0.25) is 0 Å². The van der Waals surface area contributed by atoms with E-state index in [1.54, 1.807) is 11.8 Å². The molecular formula is C24H32N2O3. The third-order valence-electron chi connectivity index (χ3n) is 4.73. The van der Waals surface area contributed by atoms with Gasteiger partial charge >= 0.3 is 0 Å². The highest BCUT2D eigenvalue weighted by molar-refractivity contribution is 5.88. The number of nitrogens with one attached hydrogen (secondary N) is 1. The van der Waals surface area contributed by atoms with Gasteiger partial charge in [-0.3, -0.25) is 9.59 Å². The van der Waals surface area contributed by atoms with Crippen molar-refractivity contribution in [1.29, 1.82) is 0 Å². The van der Waals surface area contributed by atoms with Crippen molar-refractivity contribution in [3.63, 3.8) is 0 Å². The summed E-state index contributed by atoms with van der Waals surface area (Å²) in [5.74, 6) is 0.291. The van der Waals surface area contributed by atoms with E-state index in [9.17, 15) is 9.59 Å². The molecule has 0 radical (unpaired) electrons. The zero-order chi connectivity index (χ0) is 21.6. The Labute approximate surface area is 174 Å². The Morgan fingerprint density at radius 1 is 1.00 bits per heavy atom. The summed E-state index contributed by atoms with van der Waals surface area (Å²) in [5, 5.41) is 2.89. The lowest BCUT2D eigenvalue weighted by Gasteiger charge is -2.29. The van der Waals surface area contributed by atoms with Crippen LogP contribution < -0.4 is 10.1 Å². The van der Waals surface area contributed by atoms with E-state index in [0.29, 0.717) is 12.3 Å². The normalized spacial score (nSPS) is 11.8. The molecule has 0 saturated carbocycles. The number of aryl methyl sites for hydroxylation is 3. The average Bonchev–Trinajstić information content (AvgIpc) is 2.65. The first-order valence-corrected chi connectivity index (χ1v) is 10.0. The maximum Gasteiger partial charge on any atom is 0.261 e. The third kappa shape index (κ3) is 6.63. The van der Waals surface area contributed by atoms with Crippen molar-refractivity contribution in [2.45, 2.75) is 60.2 Å². The number of hydrogen-bond donors (Lipinski definition) is 1. The maximum absolute atomic E-state index is 13.1. The minimum Gasteiger partial charge on any atom is -0.483 e. The Morgan fingerprint density at radius 3 is 2.34 bits per heavy atom. The van der Waals surface area contributed by atoms with Crippen molar-refractivity contribution in [3.05, 3.63) is 64.7 Å². The highest BCUT2D eigenvalue weighted by Gasteiger charge is 2.27. The van der Waals surface area contributed by atoms with E-state index >= 15 is 0 Å². The van der Waals surface area contributed by atoms with Crippen molar-refractivity contribution in [2.75, 3.05) is 6.61 Å². The first-order chi connectivity index (χ1) is 13.7. The summed E-state index contributed by atoms with van der Waals surface area (Å²) in [5.41, 5.74) is 4.13. The van der Waals surface area contributed by atoms with Gasteiger partial charge in [0.15, 0.2) is 6.61 Å². The number of nitrogens with zero attached hydrogens (tertiary/aromatic N) is 1. The lowest BCUT2D eigenvalue weighted by Crippen LogP contribution is -2.50. The van der Waals surface area contributed by atoms with Crippen molar-refractivity contribution in [1.82, 2.24) is 10.2 Å².